The lowest BCUT2D eigenvalue weighted by molar-refractivity contribution is -0.134. The average molecular weight is 287 g/mol. The van der Waals surface area contributed by atoms with Crippen LogP contribution < -0.4 is 0 Å². The van der Waals surface area contributed by atoms with Gasteiger partial charge in [-0.05, 0) is 6.07 Å². The number of aromatic amines is 1. The van der Waals surface area contributed by atoms with Gasteiger partial charge in [-0.2, -0.15) is 13.2 Å². The zero-order valence-corrected chi connectivity index (χ0v) is 9.94. The number of alkyl halides is 3. The van der Waals surface area contributed by atoms with Gasteiger partial charge in [-0.15, -0.1) is 11.3 Å². The van der Waals surface area contributed by atoms with E-state index in [9.17, 15) is 17.6 Å². The molecule has 3 rings (SSSR count). The van der Waals surface area contributed by atoms with Gasteiger partial charge >= 0.3 is 6.18 Å². The van der Waals surface area contributed by atoms with E-state index in [-0.39, 0.29) is 16.6 Å². The number of nitrogens with zero attached hydrogens (tertiary/aromatic N) is 2. The van der Waals surface area contributed by atoms with Gasteiger partial charge in [0.25, 0.3) is 0 Å². The number of fused-ring (bicyclic) bond motifs is 1. The molecule has 0 aromatic carbocycles. The molecule has 0 fully saturated rings. The molecule has 3 heterocycles. The highest BCUT2D eigenvalue weighted by Crippen LogP contribution is 2.40. The Labute approximate surface area is 107 Å². The van der Waals surface area contributed by atoms with Crippen molar-refractivity contribution in [3.8, 4) is 11.3 Å². The molecule has 3 aromatic rings. The van der Waals surface area contributed by atoms with E-state index in [1.807, 2.05) is 0 Å². The molecule has 19 heavy (non-hydrogen) atoms. The Bertz CT molecular complexity index is 744. The fraction of sp³-hybridized carbons (Fsp3) is 0.0909. The van der Waals surface area contributed by atoms with Crippen molar-refractivity contribution >= 4 is 22.4 Å². The number of nitrogens with one attached hydrogen (secondary N) is 1. The van der Waals surface area contributed by atoms with Crippen molar-refractivity contribution in [3.63, 3.8) is 0 Å². The summed E-state index contributed by atoms with van der Waals surface area (Å²) in [6.07, 6.45) is -2.14. The second-order valence-electron chi connectivity index (χ2n) is 3.78. The molecule has 8 heteroatoms. The predicted molar refractivity (Wildman–Crippen MR) is 62.2 cm³/mol. The summed E-state index contributed by atoms with van der Waals surface area (Å²) in [5.41, 5.74) is 1.41. The minimum absolute atomic E-state index is 0.190. The first-order chi connectivity index (χ1) is 8.97. The number of thiazole rings is 1. The first-order valence-electron chi connectivity index (χ1n) is 5.10. The zero-order chi connectivity index (χ0) is 13.6. The Kier molecular flexibility index (Phi) is 2.56. The monoisotopic (exact) mass is 287 g/mol. The molecule has 0 radical (unpaired) electrons. The van der Waals surface area contributed by atoms with Crippen LogP contribution in [0.5, 0.6) is 0 Å². The number of hydrogen-bond donors (Lipinski definition) is 1. The summed E-state index contributed by atoms with van der Waals surface area (Å²) in [6, 6.07) is 1.13. The average Bonchev–Trinajstić information content (AvgIpc) is 2.91. The van der Waals surface area contributed by atoms with Crippen LogP contribution in [0.4, 0.5) is 17.6 Å². The Morgan fingerprint density at radius 1 is 1.21 bits per heavy atom. The van der Waals surface area contributed by atoms with Crippen LogP contribution in [0.1, 0.15) is 4.88 Å². The van der Waals surface area contributed by atoms with E-state index in [0.717, 1.165) is 17.8 Å². The lowest BCUT2D eigenvalue weighted by Crippen LogP contribution is -2.03. The van der Waals surface area contributed by atoms with Crippen LogP contribution in [0.25, 0.3) is 22.3 Å². The van der Waals surface area contributed by atoms with Crippen LogP contribution >= 0.6 is 11.3 Å². The van der Waals surface area contributed by atoms with Gasteiger partial charge in [0.1, 0.15) is 16.3 Å². The molecule has 0 aliphatic rings. The zero-order valence-electron chi connectivity index (χ0n) is 9.12. The van der Waals surface area contributed by atoms with E-state index in [2.05, 4.69) is 15.0 Å². The van der Waals surface area contributed by atoms with E-state index in [1.165, 1.54) is 6.20 Å². The van der Waals surface area contributed by atoms with Crippen LogP contribution in [-0.2, 0) is 6.18 Å². The lowest BCUT2D eigenvalue weighted by Gasteiger charge is -2.05. The molecule has 0 unspecified atom stereocenters. The number of rotatable bonds is 1. The van der Waals surface area contributed by atoms with Crippen LogP contribution in [0.2, 0.25) is 0 Å². The van der Waals surface area contributed by atoms with Gasteiger partial charge in [-0.1, -0.05) is 0 Å². The highest BCUT2D eigenvalue weighted by atomic mass is 32.1. The number of halogens is 4. The molecule has 98 valence electrons. The summed E-state index contributed by atoms with van der Waals surface area (Å²) in [4.78, 5) is 9.39. The maximum Gasteiger partial charge on any atom is 0.427 e. The summed E-state index contributed by atoms with van der Waals surface area (Å²) >= 11 is 0.503. The summed E-state index contributed by atoms with van der Waals surface area (Å²) < 4.78 is 51.6. The summed E-state index contributed by atoms with van der Waals surface area (Å²) in [7, 11) is 0. The van der Waals surface area contributed by atoms with Gasteiger partial charge in [0.2, 0.25) is 0 Å². The van der Waals surface area contributed by atoms with Crippen LogP contribution in [0.15, 0.2) is 24.0 Å². The normalized spacial score (nSPS) is 12.2. The Morgan fingerprint density at radius 2 is 2.00 bits per heavy atom. The van der Waals surface area contributed by atoms with Crippen LogP contribution in [-0.4, -0.2) is 15.0 Å². The van der Waals surface area contributed by atoms with Gasteiger partial charge in [0, 0.05) is 17.1 Å². The smallest absolute Gasteiger partial charge is 0.345 e. The van der Waals surface area contributed by atoms with E-state index in [4.69, 9.17) is 0 Å². The van der Waals surface area contributed by atoms with Crippen molar-refractivity contribution in [2.45, 2.75) is 6.18 Å². The van der Waals surface area contributed by atoms with Crippen LogP contribution in [0.3, 0.4) is 0 Å². The molecule has 3 nitrogen and oxygen atoms in total. The number of aromatic nitrogens is 3. The van der Waals surface area contributed by atoms with E-state index in [1.54, 1.807) is 0 Å². The van der Waals surface area contributed by atoms with Crippen LogP contribution in [0, 0.1) is 5.82 Å². The quantitative estimate of drug-likeness (QED) is 0.691. The van der Waals surface area contributed by atoms with E-state index < -0.39 is 16.9 Å². The van der Waals surface area contributed by atoms with Crippen molar-refractivity contribution in [1.29, 1.82) is 0 Å². The fourth-order valence-electron chi connectivity index (χ4n) is 1.81. The number of H-pyrrole nitrogens is 1. The molecular weight excluding hydrogens is 282 g/mol. The molecule has 0 amide bonds. The van der Waals surface area contributed by atoms with Gasteiger partial charge in [0.05, 0.1) is 17.4 Å². The van der Waals surface area contributed by atoms with E-state index in [0.29, 0.717) is 17.0 Å². The van der Waals surface area contributed by atoms with Crippen molar-refractivity contribution in [2.24, 2.45) is 0 Å². The molecule has 0 saturated heterocycles. The third-order valence-corrected chi connectivity index (χ3v) is 3.45. The molecule has 0 aliphatic heterocycles. The highest BCUT2D eigenvalue weighted by molar-refractivity contribution is 7.10. The van der Waals surface area contributed by atoms with Crippen molar-refractivity contribution < 1.29 is 17.6 Å². The molecule has 0 atom stereocenters. The highest BCUT2D eigenvalue weighted by Gasteiger charge is 2.36. The van der Waals surface area contributed by atoms with Gasteiger partial charge in [0.15, 0.2) is 0 Å². The Hall–Kier alpha value is -1.96. The Balaban J connectivity index is 2.26. The fourth-order valence-corrected chi connectivity index (χ4v) is 2.48. The summed E-state index contributed by atoms with van der Waals surface area (Å²) in [6.45, 7) is 0. The summed E-state index contributed by atoms with van der Waals surface area (Å²) in [5.74, 6) is -0.614. The largest absolute Gasteiger partial charge is 0.427 e. The van der Waals surface area contributed by atoms with Crippen molar-refractivity contribution in [1.82, 2.24) is 15.0 Å². The first-order valence-corrected chi connectivity index (χ1v) is 5.98. The predicted octanol–water partition coefficient (Wildman–Crippen LogP) is 3.84. The second kappa shape index (κ2) is 4.02. The Morgan fingerprint density at radius 3 is 2.74 bits per heavy atom. The SMILES string of the molecule is Fc1cnc2[nH]cc(-c3ncsc3C(F)(F)F)c2c1. The van der Waals surface area contributed by atoms with Crippen molar-refractivity contribution in [2.75, 3.05) is 0 Å². The topological polar surface area (TPSA) is 41.6 Å². The van der Waals surface area contributed by atoms with E-state index >= 15 is 0 Å². The molecule has 0 aliphatic carbocycles. The molecule has 0 saturated carbocycles. The molecule has 0 spiro atoms. The first kappa shape index (κ1) is 12.1. The minimum atomic E-state index is -4.49. The molecular formula is C11H5F4N3S. The standard InChI is InChI=1S/C11H5F4N3S/c12-5-1-6-7(3-17-10(6)16-2-5)8-9(11(13,14)15)19-4-18-8/h1-4H,(H,16,17). The maximum atomic E-state index is 13.2. The number of pyridine rings is 1. The third-order valence-electron chi connectivity index (χ3n) is 2.58. The van der Waals surface area contributed by atoms with Gasteiger partial charge < -0.3 is 4.98 Å². The molecule has 3 aromatic heterocycles. The van der Waals surface area contributed by atoms with Gasteiger partial charge in [-0.25, -0.2) is 14.4 Å². The van der Waals surface area contributed by atoms with Gasteiger partial charge in [-0.3, -0.25) is 0 Å². The second-order valence-corrected chi connectivity index (χ2v) is 4.63. The summed E-state index contributed by atoms with van der Waals surface area (Å²) in [5, 5.41) is 0.274. The number of hydrogen-bond acceptors (Lipinski definition) is 3. The maximum absolute atomic E-state index is 13.2. The lowest BCUT2D eigenvalue weighted by atomic mass is 10.1. The minimum Gasteiger partial charge on any atom is -0.345 e. The molecule has 1 N–H and O–H groups in total. The molecule has 0 bridgehead atoms. The third kappa shape index (κ3) is 1.97. The van der Waals surface area contributed by atoms with Crippen molar-refractivity contribution in [3.05, 3.63) is 34.7 Å².